The largest absolute Gasteiger partial charge is 0.500 e. The van der Waals surface area contributed by atoms with Crippen molar-refractivity contribution in [2.45, 2.75) is 173 Å². The molecule has 0 fully saturated rings. The zero-order valence-electron chi connectivity index (χ0n) is 70.9. The van der Waals surface area contributed by atoms with E-state index < -0.39 is 60.7 Å². The van der Waals surface area contributed by atoms with Crippen LogP contribution in [0.2, 0.25) is 68.0 Å². The summed E-state index contributed by atoms with van der Waals surface area (Å²) < 4.78 is 92.3. The molecule has 0 bridgehead atoms. The Balaban J connectivity index is -0.000000210. The summed E-state index contributed by atoms with van der Waals surface area (Å²) in [6.07, 6.45) is 12.4. The summed E-state index contributed by atoms with van der Waals surface area (Å²) in [6.45, 7) is 35.5. The third-order valence-electron chi connectivity index (χ3n) is 16.8. The van der Waals surface area contributed by atoms with E-state index in [1.165, 1.54) is 25.7 Å². The molecule has 37 heteroatoms. The molecule has 1 atom stereocenters. The standard InChI is InChI=1S/C13H32N2O2Si.C11H28N2O3Si.C11H28N2O2Si.C9H24N2O2Si.C8H22N2O3Si.C8H22N2O2Si.C6H17NO3Si/c1-4-18(16-2,17-3)13-9-12-15-11-8-6-5-7-10-14;1-4-14-17(15-5-2,16-6-3)11-7-9-13-10-8-12;1-13(2)10-6-8-12-9-7-11-16(5,14-3)15-4;1-9(7-11-6-5-10)8-14(4,12-2)13-3;1-11-14(12-2,13-3)8-4-6-10-7-5-9;1-11-13(3,12-2)8-4-6-10-7-5-9;1-8-11(9-2,10-3)6-4-5-7/h15H,4-14H2,1-3H3;13H,4-12H2,1-3H3;12H,6-11H2,1-5H3;9,11H,5-8,10H2,1-4H3;10H,4-9H2,1-3H3;10H,4-9H2,1-3H3;4-7H2,1-3H3. The van der Waals surface area contributed by atoms with Crippen LogP contribution < -0.4 is 66.3 Å². The van der Waals surface area contributed by atoms with Crippen molar-refractivity contribution < 1.29 is 75.2 Å². The van der Waals surface area contributed by atoms with Gasteiger partial charge in [0.25, 0.3) is 0 Å². The number of hydrogen-bond donors (Lipinski definition) is 12. The fraction of sp³-hybridized carbons (Fsp3) is 1.00. The smallest absolute Gasteiger partial charge is 0.398 e. The Morgan fingerprint density at radius 2 is 0.602 bits per heavy atom. The van der Waals surface area contributed by atoms with Gasteiger partial charge in [-0.3, -0.25) is 0 Å². The Morgan fingerprint density at radius 3 is 0.913 bits per heavy atom. The van der Waals surface area contributed by atoms with Crippen molar-refractivity contribution in [3.8, 4) is 0 Å². The zero-order chi connectivity index (χ0) is 79.9. The van der Waals surface area contributed by atoms with Crippen LogP contribution in [-0.2, 0) is 75.2 Å². The number of nitrogens with two attached hydrogens (primary N) is 6. The van der Waals surface area contributed by atoms with E-state index in [2.05, 4.69) is 84.4 Å². The molecule has 0 aliphatic heterocycles. The van der Waals surface area contributed by atoms with Gasteiger partial charge in [0.1, 0.15) is 0 Å². The minimum absolute atomic E-state index is 0.568. The summed E-state index contributed by atoms with van der Waals surface area (Å²) in [5, 5.41) is 19.9. The highest BCUT2D eigenvalue weighted by molar-refractivity contribution is 6.67. The fourth-order valence-corrected chi connectivity index (χ4v) is 22.8. The van der Waals surface area contributed by atoms with E-state index in [9.17, 15) is 0 Å². The second kappa shape index (κ2) is 83.3. The molecule has 0 aromatic carbocycles. The summed E-state index contributed by atoms with van der Waals surface area (Å²) in [6, 6.07) is 7.67. The Bertz CT molecular complexity index is 1600. The van der Waals surface area contributed by atoms with Crippen LogP contribution in [0, 0.1) is 5.92 Å². The highest BCUT2D eigenvalue weighted by Crippen LogP contribution is 2.21. The van der Waals surface area contributed by atoms with Crippen LogP contribution in [0.15, 0.2) is 0 Å². The van der Waals surface area contributed by atoms with Gasteiger partial charge in [0.15, 0.2) is 0 Å². The first-order valence-electron chi connectivity index (χ1n) is 38.0. The van der Waals surface area contributed by atoms with Gasteiger partial charge in [-0.2, -0.15) is 0 Å². The third kappa shape index (κ3) is 72.3. The quantitative estimate of drug-likeness (QED) is 0.0270. The van der Waals surface area contributed by atoms with Crippen LogP contribution in [-0.4, -0.2) is 323 Å². The normalized spacial score (nSPS) is 12.4. The first-order chi connectivity index (χ1) is 49.3. The second-order valence-electron chi connectivity index (χ2n) is 25.1. The molecule has 0 aromatic heterocycles. The maximum Gasteiger partial charge on any atom is 0.500 e. The van der Waals surface area contributed by atoms with Crippen molar-refractivity contribution in [2.75, 3.05) is 258 Å². The molecule has 0 saturated heterocycles. The van der Waals surface area contributed by atoms with Gasteiger partial charge in [-0.15, -0.1) is 0 Å². The van der Waals surface area contributed by atoms with Gasteiger partial charge in [-0.05, 0) is 220 Å². The Labute approximate surface area is 640 Å². The second-order valence-corrected chi connectivity index (χ2v) is 48.5. The zero-order valence-corrected chi connectivity index (χ0v) is 77.9. The van der Waals surface area contributed by atoms with E-state index >= 15 is 0 Å². The molecule has 0 radical (unpaired) electrons. The summed E-state index contributed by atoms with van der Waals surface area (Å²) in [7, 11) is 13.4. The molecule has 0 heterocycles. The number of nitrogens with one attached hydrogen (secondary N) is 6. The molecule has 0 spiro atoms. The molecule has 30 nitrogen and oxygen atoms in total. The molecule has 18 N–H and O–H groups in total. The van der Waals surface area contributed by atoms with Crippen molar-refractivity contribution in [3.05, 3.63) is 0 Å². The lowest BCUT2D eigenvalue weighted by molar-refractivity contribution is 0.0708. The minimum Gasteiger partial charge on any atom is -0.398 e. The third-order valence-corrected chi connectivity index (χ3v) is 38.5. The van der Waals surface area contributed by atoms with E-state index in [0.717, 1.165) is 185 Å². The van der Waals surface area contributed by atoms with Crippen molar-refractivity contribution in [3.63, 3.8) is 0 Å². The number of rotatable bonds is 66. The SMILES string of the molecule is CCO[Si](CCCNCCN)(OCC)OCC.CC[Si](CCCNCCCCCCN)(OC)OC.CO[Si](C)(CC(C)CNCCN)OC.CO[Si](C)(CCCNCCCN(C)C)OC.CO[Si](C)(CCCNCCN)OC.CO[Si](CCCN)(OC)OC.CO[Si](CCCNCCN)(OC)OC. The van der Waals surface area contributed by atoms with E-state index in [-0.39, 0.29) is 0 Å². The molecular weight excluding hydrogens is 1440 g/mol. The van der Waals surface area contributed by atoms with Crippen molar-refractivity contribution in [2.24, 2.45) is 40.3 Å². The van der Waals surface area contributed by atoms with Crippen molar-refractivity contribution in [1.82, 2.24) is 36.8 Å². The molecular formula is C66H173N13O17Si7. The fourth-order valence-electron chi connectivity index (χ4n) is 9.78. The van der Waals surface area contributed by atoms with E-state index in [1.807, 2.05) is 20.8 Å². The maximum atomic E-state index is 5.76. The van der Waals surface area contributed by atoms with Crippen molar-refractivity contribution in [1.29, 1.82) is 0 Å². The van der Waals surface area contributed by atoms with Gasteiger partial charge < -0.3 is 146 Å². The Hall–Kier alpha value is 0.318. The minimum atomic E-state index is -2.43. The molecule has 103 heavy (non-hydrogen) atoms. The number of unbranched alkanes of at least 4 members (excludes halogenated alkanes) is 3. The molecule has 0 aromatic rings. The van der Waals surface area contributed by atoms with Crippen molar-refractivity contribution >= 4 is 60.7 Å². The molecule has 0 aliphatic rings. The van der Waals surface area contributed by atoms with E-state index in [0.29, 0.717) is 58.5 Å². The van der Waals surface area contributed by atoms with Gasteiger partial charge in [0.05, 0.1) is 0 Å². The maximum absolute atomic E-state index is 5.76. The Morgan fingerprint density at radius 1 is 0.301 bits per heavy atom. The summed E-state index contributed by atoms with van der Waals surface area (Å²) in [4.78, 5) is 2.21. The van der Waals surface area contributed by atoms with Gasteiger partial charge in [-0.25, -0.2) is 0 Å². The Kier molecular flexibility index (Phi) is 94.2. The van der Waals surface area contributed by atoms with Gasteiger partial charge >= 0.3 is 60.7 Å². The average Bonchev–Trinajstić information content (AvgIpc) is 0.895. The topological polar surface area (TPSA) is 388 Å². The molecule has 0 amide bonds. The van der Waals surface area contributed by atoms with Crippen LogP contribution in [0.1, 0.15) is 105 Å². The molecule has 0 rings (SSSR count). The molecule has 0 saturated carbocycles. The first kappa shape index (κ1) is 117. The molecule has 632 valence electrons. The van der Waals surface area contributed by atoms with Gasteiger partial charge in [-0.1, -0.05) is 26.7 Å². The highest BCUT2D eigenvalue weighted by Gasteiger charge is 2.40. The first-order valence-corrected chi connectivity index (χ1v) is 53.6. The lowest BCUT2D eigenvalue weighted by atomic mass is 10.2. The lowest BCUT2D eigenvalue weighted by Gasteiger charge is -2.28. The number of hydrogen-bond acceptors (Lipinski definition) is 30. The average molecular weight is 1620 g/mol. The monoisotopic (exact) mass is 1620 g/mol. The predicted octanol–water partition coefficient (Wildman–Crippen LogP) is 5.34. The van der Waals surface area contributed by atoms with Crippen LogP contribution in [0.25, 0.3) is 0 Å². The summed E-state index contributed by atoms with van der Waals surface area (Å²) in [5.74, 6) is 0.568. The number of nitrogens with zero attached hydrogens (tertiary/aromatic N) is 1. The lowest BCUT2D eigenvalue weighted by Crippen LogP contribution is -2.46. The van der Waals surface area contributed by atoms with E-state index in [4.69, 9.17) is 110 Å². The van der Waals surface area contributed by atoms with Gasteiger partial charge in [0.2, 0.25) is 0 Å². The summed E-state index contributed by atoms with van der Waals surface area (Å²) >= 11 is 0. The van der Waals surface area contributed by atoms with Crippen LogP contribution in [0.4, 0.5) is 0 Å². The van der Waals surface area contributed by atoms with Crippen LogP contribution in [0.5, 0.6) is 0 Å². The molecule has 0 aliphatic carbocycles. The van der Waals surface area contributed by atoms with Gasteiger partial charge in [0, 0.05) is 190 Å². The van der Waals surface area contributed by atoms with Crippen LogP contribution in [0.3, 0.4) is 0 Å². The van der Waals surface area contributed by atoms with Crippen LogP contribution >= 0.6 is 0 Å². The van der Waals surface area contributed by atoms with E-state index in [1.54, 1.807) is 99.5 Å². The highest BCUT2D eigenvalue weighted by atomic mass is 28.4. The predicted molar refractivity (Wildman–Crippen MR) is 445 cm³/mol. The molecule has 1 unspecified atom stereocenters. The summed E-state index contributed by atoms with van der Waals surface area (Å²) in [5.41, 5.74) is 32.3.